The monoisotopic (exact) mass is 310 g/mol. The Morgan fingerprint density at radius 1 is 1.09 bits per heavy atom. The summed E-state index contributed by atoms with van der Waals surface area (Å²) in [5.41, 5.74) is 5.13. The summed E-state index contributed by atoms with van der Waals surface area (Å²) in [4.78, 5) is 15.0. The second-order valence-corrected chi connectivity index (χ2v) is 5.97. The van der Waals surface area contributed by atoms with Gasteiger partial charge < -0.3 is 9.55 Å². The largest absolute Gasteiger partial charge is 0.351 e. The minimum atomic E-state index is -0.0115. The quantitative estimate of drug-likeness (QED) is 0.711. The third kappa shape index (κ3) is 3.24. The lowest BCUT2D eigenvalue weighted by Crippen LogP contribution is -2.13. The van der Waals surface area contributed by atoms with Gasteiger partial charge in [0.15, 0.2) is 0 Å². The number of benzene rings is 1. The normalized spacial score (nSPS) is 10.7. The lowest BCUT2D eigenvalue weighted by Gasteiger charge is -2.14. The lowest BCUT2D eigenvalue weighted by atomic mass is 9.95. The van der Waals surface area contributed by atoms with Gasteiger partial charge in [0.2, 0.25) is 0 Å². The molecule has 0 unspecified atom stereocenters. The molecular formula is C20H26N2O. The first kappa shape index (κ1) is 17.1. The van der Waals surface area contributed by atoms with Crippen LogP contribution in [0.3, 0.4) is 0 Å². The molecule has 23 heavy (non-hydrogen) atoms. The van der Waals surface area contributed by atoms with E-state index in [1.807, 2.05) is 33.9 Å². The maximum atomic E-state index is 12.0. The number of hydrogen-bond acceptors (Lipinski definition) is 1. The molecule has 3 nitrogen and oxygen atoms in total. The van der Waals surface area contributed by atoms with Crippen molar-refractivity contribution in [3.05, 3.63) is 58.0 Å². The van der Waals surface area contributed by atoms with Crippen molar-refractivity contribution in [3.63, 3.8) is 0 Å². The molecule has 2 heterocycles. The highest BCUT2D eigenvalue weighted by Crippen LogP contribution is 2.29. The molecule has 0 atom stereocenters. The molecule has 0 aliphatic rings. The van der Waals surface area contributed by atoms with Crippen LogP contribution in [0.4, 0.5) is 0 Å². The number of rotatable bonds is 2. The molecule has 122 valence electrons. The molecule has 1 aromatic carbocycles. The van der Waals surface area contributed by atoms with E-state index in [0.717, 1.165) is 16.8 Å². The van der Waals surface area contributed by atoms with E-state index in [9.17, 15) is 4.79 Å². The Morgan fingerprint density at radius 3 is 2.43 bits per heavy atom. The lowest BCUT2D eigenvalue weighted by molar-refractivity contribution is 0.856. The van der Waals surface area contributed by atoms with Crippen molar-refractivity contribution >= 4 is 10.9 Å². The fraction of sp³-hybridized carbons (Fsp3) is 0.350. The number of hydrogen-bond donors (Lipinski definition) is 1. The first-order valence-electron chi connectivity index (χ1n) is 8.26. The average Bonchev–Trinajstić information content (AvgIpc) is 2.92. The van der Waals surface area contributed by atoms with Gasteiger partial charge in [0.25, 0.3) is 5.56 Å². The summed E-state index contributed by atoms with van der Waals surface area (Å²) in [6.45, 7) is 10.2. The summed E-state index contributed by atoms with van der Waals surface area (Å²) in [5.74, 6) is 0.363. The Balaban J connectivity index is 0.000000924. The molecule has 0 amide bonds. The number of fused-ring (bicyclic) bond motifs is 1. The summed E-state index contributed by atoms with van der Waals surface area (Å²) in [5, 5.41) is 1.19. The minimum Gasteiger partial charge on any atom is -0.351 e. The van der Waals surface area contributed by atoms with Crippen LogP contribution in [0, 0.1) is 6.92 Å². The summed E-state index contributed by atoms with van der Waals surface area (Å²) in [6.07, 6.45) is 2.05. The third-order valence-electron chi connectivity index (χ3n) is 4.05. The van der Waals surface area contributed by atoms with E-state index >= 15 is 0 Å². The second-order valence-electron chi connectivity index (χ2n) is 5.97. The predicted octanol–water partition coefficient (Wildman–Crippen LogP) is 4.99. The van der Waals surface area contributed by atoms with Crippen molar-refractivity contribution in [1.82, 2.24) is 9.55 Å². The molecule has 0 spiro atoms. The van der Waals surface area contributed by atoms with Crippen molar-refractivity contribution in [2.24, 2.45) is 7.05 Å². The van der Waals surface area contributed by atoms with Crippen LogP contribution in [-0.2, 0) is 7.05 Å². The molecule has 0 radical (unpaired) electrons. The molecule has 0 saturated heterocycles. The van der Waals surface area contributed by atoms with Crippen LogP contribution < -0.4 is 5.56 Å². The Hall–Kier alpha value is -2.29. The molecule has 0 saturated carbocycles. The Bertz CT molecular complexity index is 869. The van der Waals surface area contributed by atoms with Gasteiger partial charge in [0.05, 0.1) is 5.69 Å². The Morgan fingerprint density at radius 2 is 1.78 bits per heavy atom. The van der Waals surface area contributed by atoms with Gasteiger partial charge in [0, 0.05) is 29.7 Å². The summed E-state index contributed by atoms with van der Waals surface area (Å²) in [7, 11) is 2.04. The maximum absolute atomic E-state index is 12.0. The van der Waals surface area contributed by atoms with Crippen LogP contribution in [0.25, 0.3) is 22.2 Å². The zero-order chi connectivity index (χ0) is 17.1. The summed E-state index contributed by atoms with van der Waals surface area (Å²) >= 11 is 0. The fourth-order valence-electron chi connectivity index (χ4n) is 2.79. The molecule has 0 fully saturated rings. The highest BCUT2D eigenvalue weighted by Gasteiger charge is 2.12. The van der Waals surface area contributed by atoms with Crippen LogP contribution >= 0.6 is 0 Å². The van der Waals surface area contributed by atoms with Gasteiger partial charge in [-0.15, -0.1) is 0 Å². The van der Waals surface area contributed by atoms with Crippen LogP contribution in [0.1, 0.15) is 44.7 Å². The van der Waals surface area contributed by atoms with Crippen LogP contribution in [0.5, 0.6) is 0 Å². The minimum absolute atomic E-state index is 0.0115. The van der Waals surface area contributed by atoms with Gasteiger partial charge in [-0.3, -0.25) is 4.79 Å². The van der Waals surface area contributed by atoms with Gasteiger partial charge in [-0.1, -0.05) is 33.8 Å². The first-order valence-corrected chi connectivity index (χ1v) is 8.26. The van der Waals surface area contributed by atoms with Gasteiger partial charge in [-0.05, 0) is 48.2 Å². The van der Waals surface area contributed by atoms with E-state index in [-0.39, 0.29) is 5.56 Å². The summed E-state index contributed by atoms with van der Waals surface area (Å²) in [6, 6.07) is 10.4. The summed E-state index contributed by atoms with van der Waals surface area (Å²) < 4.78 is 2.10. The van der Waals surface area contributed by atoms with E-state index in [2.05, 4.69) is 53.9 Å². The van der Waals surface area contributed by atoms with E-state index < -0.39 is 0 Å². The highest BCUT2D eigenvalue weighted by molar-refractivity contribution is 5.85. The number of pyridine rings is 1. The van der Waals surface area contributed by atoms with Gasteiger partial charge >= 0.3 is 0 Å². The molecule has 0 aliphatic carbocycles. The van der Waals surface area contributed by atoms with Crippen molar-refractivity contribution in [3.8, 4) is 11.3 Å². The zero-order valence-electron chi connectivity index (χ0n) is 14.9. The van der Waals surface area contributed by atoms with Gasteiger partial charge in [-0.2, -0.15) is 0 Å². The van der Waals surface area contributed by atoms with Crippen LogP contribution in [0.15, 0.2) is 41.3 Å². The number of H-pyrrole nitrogens is 1. The average molecular weight is 310 g/mol. The van der Waals surface area contributed by atoms with Crippen molar-refractivity contribution in [2.75, 3.05) is 0 Å². The molecule has 2 aromatic heterocycles. The second kappa shape index (κ2) is 6.86. The van der Waals surface area contributed by atoms with Crippen molar-refractivity contribution in [1.29, 1.82) is 0 Å². The number of nitrogens with one attached hydrogen (secondary N) is 1. The molecule has 1 N–H and O–H groups in total. The number of aryl methyl sites for hydroxylation is 2. The van der Waals surface area contributed by atoms with Crippen molar-refractivity contribution < 1.29 is 0 Å². The van der Waals surface area contributed by atoms with E-state index in [1.54, 1.807) is 0 Å². The molecule has 3 rings (SSSR count). The Kier molecular flexibility index (Phi) is 5.09. The predicted molar refractivity (Wildman–Crippen MR) is 99.1 cm³/mol. The standard InChI is InChI=1S/C18H20N2O.C2H6/c1-11(2)15-9-12(3)18(21)19-17(15)14-5-6-16-13(10-14)7-8-20(16)4;1-2/h5-11H,1-4H3,(H,19,21);1-2H3. The Labute approximate surface area is 138 Å². The van der Waals surface area contributed by atoms with Gasteiger partial charge in [-0.25, -0.2) is 0 Å². The smallest absolute Gasteiger partial charge is 0.251 e. The highest BCUT2D eigenvalue weighted by atomic mass is 16.1. The van der Waals surface area contributed by atoms with Gasteiger partial charge in [0.1, 0.15) is 0 Å². The van der Waals surface area contributed by atoms with Crippen molar-refractivity contribution in [2.45, 2.75) is 40.5 Å². The van der Waals surface area contributed by atoms with E-state index in [4.69, 9.17) is 0 Å². The number of aromatic nitrogens is 2. The first-order chi connectivity index (χ1) is 11.0. The number of aromatic amines is 1. The number of nitrogens with zero attached hydrogens (tertiary/aromatic N) is 1. The SMILES string of the molecule is CC.Cc1cc(C(C)C)c(-c2ccc3c(ccn3C)c2)[nH]c1=O. The topological polar surface area (TPSA) is 37.8 Å². The maximum Gasteiger partial charge on any atom is 0.251 e. The fourth-order valence-corrected chi connectivity index (χ4v) is 2.79. The van der Waals surface area contributed by atoms with E-state index in [1.165, 1.54) is 16.5 Å². The molecule has 0 aliphatic heterocycles. The van der Waals surface area contributed by atoms with Crippen LogP contribution in [0.2, 0.25) is 0 Å². The molecule has 3 aromatic rings. The molecule has 3 heteroatoms. The van der Waals surface area contributed by atoms with E-state index in [0.29, 0.717) is 5.92 Å². The van der Waals surface area contributed by atoms with Crippen LogP contribution in [-0.4, -0.2) is 9.55 Å². The molecular weight excluding hydrogens is 284 g/mol. The third-order valence-corrected chi connectivity index (χ3v) is 4.05. The molecule has 0 bridgehead atoms. The zero-order valence-corrected chi connectivity index (χ0v) is 14.9.